The summed E-state index contributed by atoms with van der Waals surface area (Å²) in [5.74, 6) is -0.803. The van der Waals surface area contributed by atoms with E-state index in [0.29, 0.717) is 17.2 Å². The molecule has 0 aliphatic heterocycles. The Kier molecular flexibility index (Phi) is 6.64. The molecule has 0 atom stereocenters. The highest BCUT2D eigenvalue weighted by molar-refractivity contribution is 5.98. The maximum absolute atomic E-state index is 12.3. The molecule has 0 bridgehead atoms. The Labute approximate surface area is 154 Å². The van der Waals surface area contributed by atoms with Crippen molar-refractivity contribution < 1.29 is 33.0 Å². The van der Waals surface area contributed by atoms with Crippen molar-refractivity contribution in [3.63, 3.8) is 0 Å². The number of furan rings is 1. The van der Waals surface area contributed by atoms with Gasteiger partial charge in [0.2, 0.25) is 5.75 Å². The molecule has 1 heterocycles. The summed E-state index contributed by atoms with van der Waals surface area (Å²) < 4.78 is 20.4. The smallest absolute Gasteiger partial charge is 0.305 e. The van der Waals surface area contributed by atoms with Crippen LogP contribution in [0, 0.1) is 0 Å². The Bertz CT molecular complexity index is 793. The molecule has 0 radical (unpaired) electrons. The fourth-order valence-electron chi connectivity index (χ4n) is 2.11. The van der Waals surface area contributed by atoms with E-state index >= 15 is 0 Å². The van der Waals surface area contributed by atoms with Crippen molar-refractivity contribution >= 4 is 17.7 Å². The van der Waals surface area contributed by atoms with Gasteiger partial charge in [-0.05, 0) is 24.3 Å². The molecule has 0 fully saturated rings. The van der Waals surface area contributed by atoms with Gasteiger partial charge >= 0.3 is 5.91 Å². The van der Waals surface area contributed by atoms with Gasteiger partial charge in [0.1, 0.15) is 0 Å². The molecule has 144 valence electrons. The third kappa shape index (κ3) is 4.91. The van der Waals surface area contributed by atoms with Gasteiger partial charge in [-0.3, -0.25) is 25.2 Å². The number of hydrogen-bond donors (Lipinski definition) is 3. The first-order valence-electron chi connectivity index (χ1n) is 7.71. The quantitative estimate of drug-likeness (QED) is 0.599. The number of amides is 3. The summed E-state index contributed by atoms with van der Waals surface area (Å²) in [4.78, 5) is 35.6. The van der Waals surface area contributed by atoms with Crippen LogP contribution in [0.25, 0.3) is 0 Å². The summed E-state index contributed by atoms with van der Waals surface area (Å²) in [5, 5.41) is 2.42. The monoisotopic (exact) mass is 377 g/mol. The van der Waals surface area contributed by atoms with Crippen LogP contribution in [-0.4, -0.2) is 45.6 Å². The molecule has 3 amide bonds. The van der Waals surface area contributed by atoms with Crippen LogP contribution in [0.4, 0.5) is 0 Å². The van der Waals surface area contributed by atoms with Crippen LogP contribution in [0.2, 0.25) is 0 Å². The molecule has 1 aromatic carbocycles. The first kappa shape index (κ1) is 19.6. The van der Waals surface area contributed by atoms with Crippen molar-refractivity contribution in [1.29, 1.82) is 0 Å². The zero-order chi connectivity index (χ0) is 19.8. The molecule has 0 spiro atoms. The number of rotatable bonds is 7. The first-order chi connectivity index (χ1) is 13.0. The minimum Gasteiger partial charge on any atom is -0.493 e. The minimum atomic E-state index is -0.629. The first-order valence-corrected chi connectivity index (χ1v) is 7.71. The van der Waals surface area contributed by atoms with E-state index in [1.165, 1.54) is 51.9 Å². The van der Waals surface area contributed by atoms with Crippen molar-refractivity contribution in [2.24, 2.45) is 0 Å². The Morgan fingerprint density at radius 3 is 2.15 bits per heavy atom. The van der Waals surface area contributed by atoms with Gasteiger partial charge in [0.15, 0.2) is 17.3 Å². The molecular formula is C17H19N3O7. The molecule has 10 nitrogen and oxygen atoms in total. The van der Waals surface area contributed by atoms with Crippen LogP contribution in [-0.2, 0) is 4.79 Å². The van der Waals surface area contributed by atoms with E-state index in [1.807, 2.05) is 0 Å². The maximum atomic E-state index is 12.3. The average molecular weight is 377 g/mol. The predicted molar refractivity (Wildman–Crippen MR) is 92.7 cm³/mol. The van der Waals surface area contributed by atoms with Gasteiger partial charge in [-0.25, -0.2) is 0 Å². The molecule has 0 unspecified atom stereocenters. The number of methoxy groups -OCH3 is 3. The number of carbonyl (C=O) groups excluding carboxylic acids is 3. The van der Waals surface area contributed by atoms with Gasteiger partial charge in [0.05, 0.1) is 34.1 Å². The van der Waals surface area contributed by atoms with Crippen LogP contribution >= 0.6 is 0 Å². The van der Waals surface area contributed by atoms with Gasteiger partial charge in [0.25, 0.3) is 11.8 Å². The fourth-order valence-corrected chi connectivity index (χ4v) is 2.11. The lowest BCUT2D eigenvalue weighted by Gasteiger charge is -2.14. The Balaban J connectivity index is 1.93. The number of hydrazine groups is 1. The van der Waals surface area contributed by atoms with E-state index < -0.39 is 17.7 Å². The number of ether oxygens (including phenoxy) is 3. The fraction of sp³-hybridized carbons (Fsp3) is 0.235. The molecule has 2 aromatic rings. The molecule has 0 aliphatic carbocycles. The third-order valence-electron chi connectivity index (χ3n) is 3.40. The van der Waals surface area contributed by atoms with E-state index in [0.717, 1.165) is 0 Å². The molecule has 0 saturated heterocycles. The summed E-state index contributed by atoms with van der Waals surface area (Å²) in [6.07, 6.45) is 1.33. The van der Waals surface area contributed by atoms with E-state index in [4.69, 9.17) is 18.6 Å². The molecule has 10 heteroatoms. The van der Waals surface area contributed by atoms with Crippen molar-refractivity contribution in [1.82, 2.24) is 16.2 Å². The van der Waals surface area contributed by atoms with Gasteiger partial charge in [-0.1, -0.05) is 0 Å². The number of benzene rings is 1. The van der Waals surface area contributed by atoms with Gasteiger partial charge in [-0.2, -0.15) is 0 Å². The largest absolute Gasteiger partial charge is 0.493 e. The topological polar surface area (TPSA) is 128 Å². The van der Waals surface area contributed by atoms with Crippen LogP contribution in [0.3, 0.4) is 0 Å². The predicted octanol–water partition coefficient (Wildman–Crippen LogP) is 0.496. The standard InChI is InChI=1S/C17H19N3O7/c1-24-12-7-10(8-13(25-2)15(12)26-3)16(22)18-9-14(21)19-20-17(23)11-5-4-6-27-11/h4-8H,9H2,1-3H3,(H,18,22)(H,19,21)(H,20,23). The number of hydrogen-bond acceptors (Lipinski definition) is 7. The van der Waals surface area contributed by atoms with Crippen molar-refractivity contribution in [3.05, 3.63) is 41.9 Å². The van der Waals surface area contributed by atoms with Crippen LogP contribution < -0.4 is 30.4 Å². The average Bonchev–Trinajstić information content (AvgIpc) is 3.23. The van der Waals surface area contributed by atoms with Crippen molar-refractivity contribution in [3.8, 4) is 17.2 Å². The zero-order valence-electron chi connectivity index (χ0n) is 15.0. The van der Waals surface area contributed by atoms with Gasteiger partial charge in [-0.15, -0.1) is 0 Å². The summed E-state index contributed by atoms with van der Waals surface area (Å²) >= 11 is 0. The summed E-state index contributed by atoms with van der Waals surface area (Å²) in [7, 11) is 4.30. The highest BCUT2D eigenvalue weighted by Crippen LogP contribution is 2.38. The second-order valence-electron chi connectivity index (χ2n) is 5.08. The molecule has 1 aromatic heterocycles. The summed E-state index contributed by atoms with van der Waals surface area (Å²) in [6.45, 7) is -0.367. The Morgan fingerprint density at radius 2 is 1.63 bits per heavy atom. The van der Waals surface area contributed by atoms with Gasteiger partial charge in [0, 0.05) is 5.56 Å². The Hall–Kier alpha value is -3.69. The van der Waals surface area contributed by atoms with E-state index in [2.05, 4.69) is 16.2 Å². The summed E-state index contributed by atoms with van der Waals surface area (Å²) in [6, 6.07) is 5.88. The third-order valence-corrected chi connectivity index (χ3v) is 3.40. The lowest BCUT2D eigenvalue weighted by Crippen LogP contribution is -2.46. The maximum Gasteiger partial charge on any atom is 0.305 e. The molecule has 27 heavy (non-hydrogen) atoms. The molecule has 0 saturated carbocycles. The Morgan fingerprint density at radius 1 is 0.963 bits per heavy atom. The SMILES string of the molecule is COc1cc(C(=O)NCC(=O)NNC(=O)c2ccco2)cc(OC)c1OC. The van der Waals surface area contributed by atoms with E-state index in [-0.39, 0.29) is 17.9 Å². The summed E-state index contributed by atoms with van der Waals surface area (Å²) in [5.41, 5.74) is 4.52. The number of nitrogens with one attached hydrogen (secondary N) is 3. The minimum absolute atomic E-state index is 0.0387. The molecule has 2 rings (SSSR count). The van der Waals surface area contributed by atoms with Crippen molar-refractivity contribution in [2.45, 2.75) is 0 Å². The highest BCUT2D eigenvalue weighted by atomic mass is 16.5. The molecule has 0 aliphatic rings. The highest BCUT2D eigenvalue weighted by Gasteiger charge is 2.17. The van der Waals surface area contributed by atoms with E-state index in [9.17, 15) is 14.4 Å². The second-order valence-corrected chi connectivity index (χ2v) is 5.08. The normalized spacial score (nSPS) is 9.89. The lowest BCUT2D eigenvalue weighted by molar-refractivity contribution is -0.120. The molecule has 3 N–H and O–H groups in total. The van der Waals surface area contributed by atoms with Crippen molar-refractivity contribution in [2.75, 3.05) is 27.9 Å². The number of carbonyl (C=O) groups is 3. The van der Waals surface area contributed by atoms with Gasteiger partial charge < -0.3 is 23.9 Å². The van der Waals surface area contributed by atoms with Crippen LogP contribution in [0.1, 0.15) is 20.9 Å². The molecular weight excluding hydrogens is 358 g/mol. The lowest BCUT2D eigenvalue weighted by atomic mass is 10.1. The van der Waals surface area contributed by atoms with Crippen LogP contribution in [0.5, 0.6) is 17.2 Å². The van der Waals surface area contributed by atoms with Crippen LogP contribution in [0.15, 0.2) is 34.9 Å². The second kappa shape index (κ2) is 9.13. The van der Waals surface area contributed by atoms with E-state index in [1.54, 1.807) is 0 Å². The zero-order valence-corrected chi connectivity index (χ0v) is 15.0.